The fourth-order valence-electron chi connectivity index (χ4n) is 2.39. The maximum atomic E-state index is 12.0. The van der Waals surface area contributed by atoms with Crippen LogP contribution in [-0.2, 0) is 4.79 Å². The van der Waals surface area contributed by atoms with E-state index in [1.165, 1.54) is 5.56 Å². The summed E-state index contributed by atoms with van der Waals surface area (Å²) in [6, 6.07) is 8.12. The van der Waals surface area contributed by atoms with Gasteiger partial charge < -0.3 is 15.5 Å². The minimum atomic E-state index is 0.101. The maximum Gasteiger partial charge on any atom is 0.225 e. The molecular weight excluding hydrogens is 250 g/mol. The zero-order valence-electron chi connectivity index (χ0n) is 12.5. The van der Waals surface area contributed by atoms with Crippen LogP contribution >= 0.6 is 0 Å². The number of hydrogen-bond donors (Lipinski definition) is 2. The quantitative estimate of drug-likeness (QED) is 0.864. The lowest BCUT2D eigenvalue weighted by molar-refractivity contribution is -0.116. The van der Waals surface area contributed by atoms with Crippen molar-refractivity contribution in [2.75, 3.05) is 38.0 Å². The van der Waals surface area contributed by atoms with E-state index in [1.54, 1.807) is 0 Å². The molecule has 2 N–H and O–H groups in total. The second-order valence-corrected chi connectivity index (χ2v) is 5.67. The van der Waals surface area contributed by atoms with E-state index in [2.05, 4.69) is 41.5 Å². The minimum absolute atomic E-state index is 0.101. The van der Waals surface area contributed by atoms with Crippen molar-refractivity contribution in [1.29, 1.82) is 0 Å². The average Bonchev–Trinajstić information content (AvgIpc) is 2.46. The first kappa shape index (κ1) is 15.0. The van der Waals surface area contributed by atoms with E-state index < -0.39 is 0 Å². The number of nitrogens with one attached hydrogen (secondary N) is 2. The van der Waals surface area contributed by atoms with Crippen molar-refractivity contribution in [2.24, 2.45) is 0 Å². The van der Waals surface area contributed by atoms with E-state index in [0.29, 0.717) is 12.3 Å². The Balaban J connectivity index is 1.80. The van der Waals surface area contributed by atoms with Crippen LogP contribution in [0.1, 0.15) is 31.7 Å². The molecule has 0 aromatic heterocycles. The highest BCUT2D eigenvalue weighted by molar-refractivity contribution is 5.90. The summed E-state index contributed by atoms with van der Waals surface area (Å²) in [5.74, 6) is 0.581. The number of rotatable bonds is 5. The fourth-order valence-corrected chi connectivity index (χ4v) is 2.39. The van der Waals surface area contributed by atoms with Crippen LogP contribution in [0.15, 0.2) is 24.3 Å². The zero-order valence-corrected chi connectivity index (χ0v) is 12.5. The van der Waals surface area contributed by atoms with Gasteiger partial charge in [-0.2, -0.15) is 0 Å². The van der Waals surface area contributed by atoms with E-state index in [4.69, 9.17) is 0 Å². The first-order valence-corrected chi connectivity index (χ1v) is 7.48. The monoisotopic (exact) mass is 275 g/mol. The van der Waals surface area contributed by atoms with Crippen LogP contribution < -0.4 is 10.6 Å². The summed E-state index contributed by atoms with van der Waals surface area (Å²) in [6.45, 7) is 9.29. The average molecular weight is 275 g/mol. The first-order valence-electron chi connectivity index (χ1n) is 7.48. The molecule has 1 fully saturated rings. The molecule has 1 aromatic carbocycles. The van der Waals surface area contributed by atoms with Gasteiger partial charge in [-0.3, -0.25) is 4.79 Å². The summed E-state index contributed by atoms with van der Waals surface area (Å²) in [4.78, 5) is 14.3. The van der Waals surface area contributed by atoms with Gasteiger partial charge in [0.15, 0.2) is 0 Å². The molecule has 1 heterocycles. The molecule has 4 heteroatoms. The molecule has 20 heavy (non-hydrogen) atoms. The Bertz CT molecular complexity index is 439. The Hall–Kier alpha value is -1.39. The van der Waals surface area contributed by atoms with Crippen LogP contribution in [0.2, 0.25) is 0 Å². The van der Waals surface area contributed by atoms with Gasteiger partial charge >= 0.3 is 0 Å². The summed E-state index contributed by atoms with van der Waals surface area (Å²) in [7, 11) is 0. The number of anilines is 1. The molecule has 0 spiro atoms. The second-order valence-electron chi connectivity index (χ2n) is 5.67. The molecule has 1 aliphatic rings. The van der Waals surface area contributed by atoms with Crippen LogP contribution in [0.3, 0.4) is 0 Å². The van der Waals surface area contributed by atoms with Gasteiger partial charge in [-0.15, -0.1) is 0 Å². The van der Waals surface area contributed by atoms with E-state index in [0.717, 1.165) is 38.4 Å². The third-order valence-electron chi connectivity index (χ3n) is 3.70. The maximum absolute atomic E-state index is 12.0. The summed E-state index contributed by atoms with van der Waals surface area (Å²) in [5.41, 5.74) is 2.16. The molecule has 4 nitrogen and oxygen atoms in total. The van der Waals surface area contributed by atoms with Gasteiger partial charge in [0.1, 0.15) is 0 Å². The van der Waals surface area contributed by atoms with Crippen molar-refractivity contribution in [1.82, 2.24) is 10.2 Å². The van der Waals surface area contributed by atoms with Gasteiger partial charge in [-0.25, -0.2) is 0 Å². The first-order chi connectivity index (χ1) is 9.65. The summed E-state index contributed by atoms with van der Waals surface area (Å²) in [6.07, 6.45) is 0.561. The number of nitrogens with zero attached hydrogens (tertiary/aromatic N) is 1. The highest BCUT2D eigenvalue weighted by Gasteiger charge is 2.11. The van der Waals surface area contributed by atoms with Gasteiger partial charge in [0.2, 0.25) is 5.91 Å². The van der Waals surface area contributed by atoms with Crippen LogP contribution in [0.25, 0.3) is 0 Å². The van der Waals surface area contributed by atoms with Crippen molar-refractivity contribution < 1.29 is 4.79 Å². The number of piperazine rings is 1. The number of benzene rings is 1. The molecule has 1 saturated heterocycles. The number of carbonyl (C=O) groups is 1. The number of amides is 1. The smallest absolute Gasteiger partial charge is 0.225 e. The van der Waals surface area contributed by atoms with Crippen LogP contribution in [0, 0.1) is 0 Å². The van der Waals surface area contributed by atoms with Crippen LogP contribution in [0.4, 0.5) is 5.69 Å². The second kappa shape index (κ2) is 7.41. The molecule has 0 radical (unpaired) electrons. The van der Waals surface area contributed by atoms with Crippen molar-refractivity contribution in [2.45, 2.75) is 26.2 Å². The molecule has 0 bridgehead atoms. The molecule has 0 saturated carbocycles. The van der Waals surface area contributed by atoms with Gasteiger partial charge in [0, 0.05) is 44.8 Å². The Morgan fingerprint density at radius 2 is 2.10 bits per heavy atom. The zero-order chi connectivity index (χ0) is 14.4. The Morgan fingerprint density at radius 3 is 2.80 bits per heavy atom. The highest BCUT2D eigenvalue weighted by Crippen LogP contribution is 2.18. The predicted molar refractivity (Wildman–Crippen MR) is 83.1 cm³/mol. The van der Waals surface area contributed by atoms with Gasteiger partial charge in [-0.1, -0.05) is 26.0 Å². The molecular formula is C16H25N3O. The van der Waals surface area contributed by atoms with Crippen molar-refractivity contribution in [3.05, 3.63) is 29.8 Å². The molecule has 2 rings (SSSR count). The summed E-state index contributed by atoms with van der Waals surface area (Å²) >= 11 is 0. The van der Waals surface area contributed by atoms with Gasteiger partial charge in [-0.05, 0) is 23.6 Å². The predicted octanol–water partition coefficient (Wildman–Crippen LogP) is 2.04. The lowest BCUT2D eigenvalue weighted by atomic mass is 10.0. The minimum Gasteiger partial charge on any atom is -0.326 e. The molecule has 0 unspecified atom stereocenters. The molecule has 1 aliphatic heterocycles. The van der Waals surface area contributed by atoms with Crippen molar-refractivity contribution in [3.63, 3.8) is 0 Å². The number of carbonyl (C=O) groups excluding carboxylic acids is 1. The van der Waals surface area contributed by atoms with E-state index >= 15 is 0 Å². The summed E-state index contributed by atoms with van der Waals surface area (Å²) < 4.78 is 0. The van der Waals surface area contributed by atoms with E-state index in [1.807, 2.05) is 12.1 Å². The lowest BCUT2D eigenvalue weighted by Gasteiger charge is -2.26. The molecule has 1 aromatic rings. The third kappa shape index (κ3) is 4.62. The van der Waals surface area contributed by atoms with Crippen molar-refractivity contribution >= 4 is 11.6 Å². The molecule has 110 valence electrons. The van der Waals surface area contributed by atoms with Gasteiger partial charge in [0.05, 0.1) is 0 Å². The molecule has 0 aliphatic carbocycles. The Kier molecular flexibility index (Phi) is 5.56. The normalized spacial score (nSPS) is 16.4. The Labute approximate surface area is 121 Å². The largest absolute Gasteiger partial charge is 0.326 e. The molecule has 1 amide bonds. The SMILES string of the molecule is CC(C)c1cccc(NC(=O)CCN2CCNCC2)c1. The lowest BCUT2D eigenvalue weighted by Crippen LogP contribution is -2.44. The number of hydrogen-bond acceptors (Lipinski definition) is 3. The standard InChI is InChI=1S/C16H25N3O/c1-13(2)14-4-3-5-15(12-14)18-16(20)6-9-19-10-7-17-8-11-19/h3-5,12-13,17H,6-11H2,1-2H3,(H,18,20). The van der Waals surface area contributed by atoms with Crippen molar-refractivity contribution in [3.8, 4) is 0 Å². The van der Waals surface area contributed by atoms with Crippen LogP contribution in [-0.4, -0.2) is 43.5 Å². The van der Waals surface area contributed by atoms with E-state index in [-0.39, 0.29) is 5.91 Å². The summed E-state index contributed by atoms with van der Waals surface area (Å²) in [5, 5.41) is 6.31. The van der Waals surface area contributed by atoms with Gasteiger partial charge in [0.25, 0.3) is 0 Å². The Morgan fingerprint density at radius 1 is 1.35 bits per heavy atom. The molecule has 0 atom stereocenters. The highest BCUT2D eigenvalue weighted by atomic mass is 16.1. The third-order valence-corrected chi connectivity index (χ3v) is 3.70. The fraction of sp³-hybridized carbons (Fsp3) is 0.562. The van der Waals surface area contributed by atoms with Crippen LogP contribution in [0.5, 0.6) is 0 Å². The van der Waals surface area contributed by atoms with E-state index in [9.17, 15) is 4.79 Å². The topological polar surface area (TPSA) is 44.4 Å².